The first kappa shape index (κ1) is 20.8. The number of piperazine rings is 1. The van der Waals surface area contributed by atoms with Gasteiger partial charge in [-0.1, -0.05) is 26.0 Å². The van der Waals surface area contributed by atoms with E-state index in [0.717, 1.165) is 48.2 Å². The van der Waals surface area contributed by atoms with Crippen LogP contribution in [0, 0.1) is 6.92 Å². The van der Waals surface area contributed by atoms with Crippen molar-refractivity contribution in [2.75, 3.05) is 36.4 Å². The summed E-state index contributed by atoms with van der Waals surface area (Å²) in [7, 11) is 0. The first-order valence-electron chi connectivity index (χ1n) is 10.7. The molecule has 4 rings (SSSR count). The highest BCUT2D eigenvalue weighted by atomic mass is 16.2. The van der Waals surface area contributed by atoms with Gasteiger partial charge in [-0.2, -0.15) is 0 Å². The maximum atomic E-state index is 12.7. The molecule has 8 nitrogen and oxygen atoms in total. The fourth-order valence-electron chi connectivity index (χ4n) is 3.62. The second-order valence-electron chi connectivity index (χ2n) is 8.22. The normalized spacial score (nSPS) is 14.2. The van der Waals surface area contributed by atoms with Crippen molar-refractivity contribution in [2.45, 2.75) is 33.2 Å². The highest BCUT2D eigenvalue weighted by Gasteiger charge is 2.23. The zero-order valence-electron chi connectivity index (χ0n) is 18.3. The van der Waals surface area contributed by atoms with Gasteiger partial charge in [0.15, 0.2) is 0 Å². The maximum absolute atomic E-state index is 12.7. The largest absolute Gasteiger partial charge is 0.353 e. The first-order valence-corrected chi connectivity index (χ1v) is 10.7. The highest BCUT2D eigenvalue weighted by molar-refractivity contribution is 5.89. The number of aromatic nitrogens is 4. The zero-order chi connectivity index (χ0) is 21.8. The standard InChI is InChI=1S/C23H29N7O/c1-17(2)22-25-18(3)14-21(27-22)29-10-12-30(13-11-29)23(31)26-20-6-4-19(5-7-20)15-28-9-8-24-16-28/h4-9,14,16-17H,10-13,15H2,1-3H3,(H,26,31). The molecule has 1 N–H and O–H groups in total. The van der Waals surface area contributed by atoms with Gasteiger partial charge in [0.25, 0.3) is 0 Å². The Hall–Kier alpha value is -3.42. The van der Waals surface area contributed by atoms with Crippen LogP contribution < -0.4 is 10.2 Å². The lowest BCUT2D eigenvalue weighted by Crippen LogP contribution is -2.50. The van der Waals surface area contributed by atoms with Crippen LogP contribution in [0.3, 0.4) is 0 Å². The Morgan fingerprint density at radius 2 is 1.84 bits per heavy atom. The summed E-state index contributed by atoms with van der Waals surface area (Å²) in [5.41, 5.74) is 2.94. The predicted octanol–water partition coefficient (Wildman–Crippen LogP) is 3.51. The minimum Gasteiger partial charge on any atom is -0.353 e. The van der Waals surface area contributed by atoms with Crippen LogP contribution in [-0.4, -0.2) is 56.6 Å². The molecule has 1 aromatic carbocycles. The molecule has 2 amide bonds. The number of hydrogen-bond donors (Lipinski definition) is 1. The number of aryl methyl sites for hydroxylation is 1. The third kappa shape index (κ3) is 5.20. The minimum absolute atomic E-state index is 0.0660. The molecular formula is C23H29N7O. The lowest BCUT2D eigenvalue weighted by Gasteiger charge is -2.35. The van der Waals surface area contributed by atoms with E-state index in [9.17, 15) is 4.79 Å². The van der Waals surface area contributed by atoms with Gasteiger partial charge >= 0.3 is 6.03 Å². The molecule has 31 heavy (non-hydrogen) atoms. The molecule has 2 aromatic heterocycles. The predicted molar refractivity (Wildman–Crippen MR) is 121 cm³/mol. The summed E-state index contributed by atoms with van der Waals surface area (Å²) in [5, 5.41) is 3.01. The Labute approximate surface area is 182 Å². The number of amides is 2. The van der Waals surface area contributed by atoms with Crippen molar-refractivity contribution >= 4 is 17.5 Å². The highest BCUT2D eigenvalue weighted by Crippen LogP contribution is 2.19. The summed E-state index contributed by atoms with van der Waals surface area (Å²) >= 11 is 0. The Balaban J connectivity index is 1.31. The number of rotatable bonds is 5. The molecule has 1 aliphatic heterocycles. The average molecular weight is 420 g/mol. The van der Waals surface area contributed by atoms with Crippen molar-refractivity contribution in [3.8, 4) is 0 Å². The van der Waals surface area contributed by atoms with Crippen LogP contribution in [0.2, 0.25) is 0 Å². The van der Waals surface area contributed by atoms with Gasteiger partial charge < -0.3 is 19.7 Å². The fraction of sp³-hybridized carbons (Fsp3) is 0.391. The summed E-state index contributed by atoms with van der Waals surface area (Å²) in [6, 6.07) is 9.89. The van der Waals surface area contributed by atoms with Crippen LogP contribution in [0.15, 0.2) is 49.1 Å². The van der Waals surface area contributed by atoms with Crippen molar-refractivity contribution in [2.24, 2.45) is 0 Å². The molecule has 0 spiro atoms. The van der Waals surface area contributed by atoms with Gasteiger partial charge in [-0.05, 0) is 24.6 Å². The van der Waals surface area contributed by atoms with E-state index in [0.29, 0.717) is 13.1 Å². The molecule has 0 aliphatic carbocycles. The molecule has 1 saturated heterocycles. The summed E-state index contributed by atoms with van der Waals surface area (Å²) in [6.07, 6.45) is 5.49. The first-order chi connectivity index (χ1) is 15.0. The van der Waals surface area contributed by atoms with E-state index in [2.05, 4.69) is 34.0 Å². The number of carbonyl (C=O) groups excluding carboxylic acids is 1. The summed E-state index contributed by atoms with van der Waals surface area (Å²) in [6.45, 7) is 9.79. The van der Waals surface area contributed by atoms with Gasteiger partial charge in [0.2, 0.25) is 0 Å². The number of anilines is 2. The zero-order valence-corrected chi connectivity index (χ0v) is 18.3. The summed E-state index contributed by atoms with van der Waals surface area (Å²) < 4.78 is 2.01. The smallest absolute Gasteiger partial charge is 0.321 e. The lowest BCUT2D eigenvalue weighted by atomic mass is 10.2. The van der Waals surface area contributed by atoms with E-state index in [1.54, 1.807) is 12.5 Å². The quantitative estimate of drug-likeness (QED) is 0.685. The van der Waals surface area contributed by atoms with Crippen LogP contribution in [0.25, 0.3) is 0 Å². The van der Waals surface area contributed by atoms with Crippen LogP contribution >= 0.6 is 0 Å². The van der Waals surface area contributed by atoms with Gasteiger partial charge in [0, 0.05) is 68.5 Å². The van der Waals surface area contributed by atoms with Crippen LogP contribution in [0.1, 0.15) is 36.8 Å². The van der Waals surface area contributed by atoms with Gasteiger partial charge in [-0.25, -0.2) is 19.7 Å². The Morgan fingerprint density at radius 3 is 2.48 bits per heavy atom. The van der Waals surface area contributed by atoms with Gasteiger partial charge in [0.1, 0.15) is 11.6 Å². The molecule has 0 atom stereocenters. The number of hydrogen-bond acceptors (Lipinski definition) is 5. The molecule has 0 saturated carbocycles. The molecule has 0 radical (unpaired) electrons. The van der Waals surface area contributed by atoms with E-state index in [4.69, 9.17) is 4.98 Å². The summed E-state index contributed by atoms with van der Waals surface area (Å²) in [5.74, 6) is 2.11. The van der Waals surface area contributed by atoms with E-state index in [1.807, 2.05) is 52.9 Å². The number of nitrogens with zero attached hydrogens (tertiary/aromatic N) is 6. The molecule has 162 valence electrons. The van der Waals surface area contributed by atoms with Crippen LogP contribution in [0.5, 0.6) is 0 Å². The average Bonchev–Trinajstić information content (AvgIpc) is 3.28. The topological polar surface area (TPSA) is 79.2 Å². The number of benzene rings is 1. The van der Waals surface area contributed by atoms with Crippen LogP contribution in [-0.2, 0) is 6.54 Å². The molecule has 8 heteroatoms. The third-order valence-corrected chi connectivity index (χ3v) is 5.39. The molecular weight excluding hydrogens is 390 g/mol. The number of carbonyl (C=O) groups is 1. The monoisotopic (exact) mass is 419 g/mol. The number of urea groups is 1. The molecule has 0 bridgehead atoms. The number of imidazole rings is 1. The van der Waals surface area contributed by atoms with Gasteiger partial charge in [-0.3, -0.25) is 0 Å². The van der Waals surface area contributed by atoms with E-state index >= 15 is 0 Å². The minimum atomic E-state index is -0.0660. The SMILES string of the molecule is Cc1cc(N2CCN(C(=O)Nc3ccc(Cn4ccnc4)cc3)CC2)nc(C(C)C)n1. The molecule has 1 aliphatic rings. The Kier molecular flexibility index (Phi) is 6.16. The maximum Gasteiger partial charge on any atom is 0.321 e. The third-order valence-electron chi connectivity index (χ3n) is 5.39. The van der Waals surface area contributed by atoms with Crippen molar-refractivity contribution in [1.82, 2.24) is 24.4 Å². The fourth-order valence-corrected chi connectivity index (χ4v) is 3.62. The Bertz CT molecular complexity index is 1010. The van der Waals surface area contributed by atoms with E-state index < -0.39 is 0 Å². The molecule has 3 heterocycles. The molecule has 3 aromatic rings. The summed E-state index contributed by atoms with van der Waals surface area (Å²) in [4.78, 5) is 30.1. The molecule has 0 unspecified atom stereocenters. The molecule has 1 fully saturated rings. The van der Waals surface area contributed by atoms with Crippen LogP contribution in [0.4, 0.5) is 16.3 Å². The second-order valence-corrected chi connectivity index (χ2v) is 8.22. The Morgan fingerprint density at radius 1 is 1.10 bits per heavy atom. The number of nitrogens with one attached hydrogen (secondary N) is 1. The van der Waals surface area contributed by atoms with Crippen molar-refractivity contribution in [3.05, 3.63) is 66.1 Å². The van der Waals surface area contributed by atoms with Gasteiger partial charge in [-0.15, -0.1) is 0 Å². The van der Waals surface area contributed by atoms with E-state index in [-0.39, 0.29) is 11.9 Å². The van der Waals surface area contributed by atoms with Crippen molar-refractivity contribution in [3.63, 3.8) is 0 Å². The second kappa shape index (κ2) is 9.16. The van der Waals surface area contributed by atoms with Gasteiger partial charge in [0.05, 0.1) is 6.33 Å². The van der Waals surface area contributed by atoms with E-state index in [1.165, 1.54) is 0 Å². The van der Waals surface area contributed by atoms with Crippen molar-refractivity contribution < 1.29 is 4.79 Å². The lowest BCUT2D eigenvalue weighted by molar-refractivity contribution is 0.208. The van der Waals surface area contributed by atoms with Crippen molar-refractivity contribution in [1.29, 1.82) is 0 Å².